The van der Waals surface area contributed by atoms with Crippen molar-refractivity contribution >= 4 is 11.9 Å². The number of esters is 2. The highest BCUT2D eigenvalue weighted by molar-refractivity contribution is 5.70. The Bertz CT molecular complexity index is 379. The normalized spacial score (nSPS) is 10.6. The van der Waals surface area contributed by atoms with Gasteiger partial charge in [-0.1, -0.05) is 83.6 Å². The summed E-state index contributed by atoms with van der Waals surface area (Å²) in [5.41, 5.74) is 0. The van der Waals surface area contributed by atoms with Crippen LogP contribution in [0.5, 0.6) is 0 Å². The summed E-state index contributed by atoms with van der Waals surface area (Å²) in [6, 6.07) is 0. The van der Waals surface area contributed by atoms with Crippen LogP contribution in [0.4, 0.5) is 0 Å². The van der Waals surface area contributed by atoms with Crippen LogP contribution < -0.4 is 0 Å². The lowest BCUT2D eigenvalue weighted by molar-refractivity contribution is -0.152. The van der Waals surface area contributed by atoms with E-state index in [1.165, 1.54) is 57.8 Å². The minimum absolute atomic E-state index is 0.168. The predicted molar refractivity (Wildman–Crippen MR) is 116 cm³/mol. The van der Waals surface area contributed by atoms with E-state index in [2.05, 4.69) is 13.5 Å². The second-order valence-corrected chi connectivity index (χ2v) is 7.61. The number of ether oxygens (including phenoxy) is 2. The van der Waals surface area contributed by atoms with E-state index in [-0.39, 0.29) is 25.2 Å². The molecule has 0 atom stereocenters. The third kappa shape index (κ3) is 21.0. The first kappa shape index (κ1) is 26.7. The average molecular weight is 397 g/mol. The zero-order chi connectivity index (χ0) is 20.7. The Labute approximate surface area is 173 Å². The summed E-state index contributed by atoms with van der Waals surface area (Å²) in [4.78, 5) is 23.2. The molecule has 0 rings (SSSR count). The highest BCUT2D eigenvalue weighted by Gasteiger charge is 2.05. The molecule has 0 aromatic carbocycles. The third-order valence-electron chi connectivity index (χ3n) is 4.88. The molecule has 0 unspecified atom stereocenters. The molecule has 0 N–H and O–H groups in total. The molecule has 0 radical (unpaired) electrons. The fraction of sp³-hybridized carbons (Fsp3) is 0.833. The monoisotopic (exact) mass is 396 g/mol. The van der Waals surface area contributed by atoms with Crippen molar-refractivity contribution in [3.05, 3.63) is 12.7 Å². The molecule has 0 spiro atoms. The van der Waals surface area contributed by atoms with Crippen molar-refractivity contribution in [2.24, 2.45) is 0 Å². The van der Waals surface area contributed by atoms with E-state index in [9.17, 15) is 9.59 Å². The fourth-order valence-electron chi connectivity index (χ4n) is 3.12. The van der Waals surface area contributed by atoms with Gasteiger partial charge in [0.2, 0.25) is 0 Å². The molecule has 0 aliphatic rings. The van der Waals surface area contributed by atoms with Gasteiger partial charge in [0.15, 0.2) is 0 Å². The lowest BCUT2D eigenvalue weighted by atomic mass is 10.1. The van der Waals surface area contributed by atoms with E-state index in [1.807, 2.05) is 6.08 Å². The standard InChI is InChI=1S/C24H44O4/c1-3-5-7-9-11-12-14-16-18-20-24(26)28-22-21-27-23(25)19-17-15-13-10-8-6-4-2/h4H,2-3,5-22H2,1H3. The van der Waals surface area contributed by atoms with E-state index in [4.69, 9.17) is 9.47 Å². The van der Waals surface area contributed by atoms with Gasteiger partial charge in [-0.2, -0.15) is 0 Å². The summed E-state index contributed by atoms with van der Waals surface area (Å²) in [6.07, 6.45) is 20.5. The first-order chi connectivity index (χ1) is 13.7. The molecule has 0 heterocycles. The van der Waals surface area contributed by atoms with Gasteiger partial charge < -0.3 is 9.47 Å². The summed E-state index contributed by atoms with van der Waals surface area (Å²) < 4.78 is 10.2. The number of carbonyl (C=O) groups is 2. The second kappa shape index (κ2) is 22.0. The molecule has 4 heteroatoms. The van der Waals surface area contributed by atoms with Crippen LogP contribution in [0.3, 0.4) is 0 Å². The van der Waals surface area contributed by atoms with Gasteiger partial charge >= 0.3 is 11.9 Å². The fourth-order valence-corrected chi connectivity index (χ4v) is 3.12. The molecule has 28 heavy (non-hydrogen) atoms. The van der Waals surface area contributed by atoms with Crippen LogP contribution in [0.1, 0.15) is 116 Å². The SMILES string of the molecule is C=CCCCCCCCC(=O)OCCOC(=O)CCCCCCCCCCC. The Kier molecular flexibility index (Phi) is 20.9. The number of hydrogen-bond donors (Lipinski definition) is 0. The van der Waals surface area contributed by atoms with Gasteiger partial charge in [-0.3, -0.25) is 9.59 Å². The van der Waals surface area contributed by atoms with Gasteiger partial charge in [0, 0.05) is 12.8 Å². The van der Waals surface area contributed by atoms with Crippen molar-refractivity contribution in [3.63, 3.8) is 0 Å². The van der Waals surface area contributed by atoms with Crippen LogP contribution in [0, 0.1) is 0 Å². The number of allylic oxidation sites excluding steroid dienone is 1. The van der Waals surface area contributed by atoms with Crippen LogP contribution in [-0.2, 0) is 19.1 Å². The maximum absolute atomic E-state index is 11.6. The lowest BCUT2D eigenvalue weighted by Gasteiger charge is -2.07. The Morgan fingerprint density at radius 2 is 1.04 bits per heavy atom. The van der Waals surface area contributed by atoms with Gasteiger partial charge in [0.1, 0.15) is 13.2 Å². The van der Waals surface area contributed by atoms with E-state index in [0.717, 1.165) is 38.5 Å². The zero-order valence-electron chi connectivity index (χ0n) is 18.4. The Morgan fingerprint density at radius 3 is 1.46 bits per heavy atom. The molecule has 0 aromatic rings. The summed E-state index contributed by atoms with van der Waals surface area (Å²) in [5, 5.41) is 0. The van der Waals surface area contributed by atoms with Crippen molar-refractivity contribution < 1.29 is 19.1 Å². The molecular weight excluding hydrogens is 352 g/mol. The maximum atomic E-state index is 11.6. The Balaban J connectivity index is 3.31. The largest absolute Gasteiger partial charge is 0.462 e. The summed E-state index contributed by atoms with van der Waals surface area (Å²) in [5.74, 6) is -0.375. The molecule has 0 bridgehead atoms. The van der Waals surface area contributed by atoms with Crippen molar-refractivity contribution in [1.82, 2.24) is 0 Å². The first-order valence-electron chi connectivity index (χ1n) is 11.6. The molecule has 0 amide bonds. The second-order valence-electron chi connectivity index (χ2n) is 7.61. The number of rotatable bonds is 21. The third-order valence-corrected chi connectivity index (χ3v) is 4.88. The molecule has 0 aromatic heterocycles. The highest BCUT2D eigenvalue weighted by Crippen LogP contribution is 2.11. The molecule has 0 aliphatic carbocycles. The van der Waals surface area contributed by atoms with E-state index in [1.54, 1.807) is 0 Å². The molecule has 0 aliphatic heterocycles. The van der Waals surface area contributed by atoms with Crippen molar-refractivity contribution in [2.45, 2.75) is 116 Å². The Morgan fingerprint density at radius 1 is 0.643 bits per heavy atom. The van der Waals surface area contributed by atoms with E-state index in [0.29, 0.717) is 12.8 Å². The molecule has 0 fully saturated rings. The predicted octanol–water partition coefficient (Wildman–Crippen LogP) is 6.91. The molecular formula is C24H44O4. The minimum Gasteiger partial charge on any atom is -0.462 e. The zero-order valence-corrected chi connectivity index (χ0v) is 18.4. The number of carbonyl (C=O) groups excluding carboxylic acids is 2. The molecule has 164 valence electrons. The molecule has 4 nitrogen and oxygen atoms in total. The lowest BCUT2D eigenvalue weighted by Crippen LogP contribution is -2.13. The first-order valence-corrected chi connectivity index (χ1v) is 11.6. The highest BCUT2D eigenvalue weighted by atomic mass is 16.6. The van der Waals surface area contributed by atoms with Crippen LogP contribution >= 0.6 is 0 Å². The Hall–Kier alpha value is -1.32. The van der Waals surface area contributed by atoms with E-state index >= 15 is 0 Å². The van der Waals surface area contributed by atoms with Crippen molar-refractivity contribution in [2.75, 3.05) is 13.2 Å². The van der Waals surface area contributed by atoms with Gasteiger partial charge in [-0.05, 0) is 25.7 Å². The van der Waals surface area contributed by atoms with Gasteiger partial charge in [0.05, 0.1) is 0 Å². The van der Waals surface area contributed by atoms with Crippen LogP contribution in [0.15, 0.2) is 12.7 Å². The minimum atomic E-state index is -0.193. The summed E-state index contributed by atoms with van der Waals surface area (Å²) in [7, 11) is 0. The smallest absolute Gasteiger partial charge is 0.305 e. The topological polar surface area (TPSA) is 52.6 Å². The van der Waals surface area contributed by atoms with Crippen molar-refractivity contribution in [3.8, 4) is 0 Å². The molecule has 0 saturated carbocycles. The van der Waals surface area contributed by atoms with Crippen molar-refractivity contribution in [1.29, 1.82) is 0 Å². The van der Waals surface area contributed by atoms with Crippen LogP contribution in [0.2, 0.25) is 0 Å². The average Bonchev–Trinajstić information content (AvgIpc) is 2.69. The van der Waals surface area contributed by atoms with Gasteiger partial charge in [-0.15, -0.1) is 6.58 Å². The number of unbranched alkanes of at least 4 members (excludes halogenated alkanes) is 13. The quantitative estimate of drug-likeness (QED) is 0.120. The maximum Gasteiger partial charge on any atom is 0.305 e. The van der Waals surface area contributed by atoms with Gasteiger partial charge in [0.25, 0.3) is 0 Å². The van der Waals surface area contributed by atoms with Gasteiger partial charge in [-0.25, -0.2) is 0 Å². The number of hydrogen-bond acceptors (Lipinski definition) is 4. The summed E-state index contributed by atoms with van der Waals surface area (Å²) >= 11 is 0. The van der Waals surface area contributed by atoms with Crippen LogP contribution in [-0.4, -0.2) is 25.2 Å². The van der Waals surface area contributed by atoms with Crippen LogP contribution in [0.25, 0.3) is 0 Å². The summed E-state index contributed by atoms with van der Waals surface area (Å²) in [6.45, 7) is 6.28. The van der Waals surface area contributed by atoms with E-state index < -0.39 is 0 Å². The molecule has 0 saturated heterocycles.